The fraction of sp³-hybridized carbons (Fsp3) is 0.300. The van der Waals surface area contributed by atoms with Gasteiger partial charge in [0, 0.05) is 17.8 Å². The summed E-state index contributed by atoms with van der Waals surface area (Å²) >= 11 is 4.69. The number of aromatic nitrogens is 3. The van der Waals surface area contributed by atoms with Crippen molar-refractivity contribution in [2.45, 2.75) is 26.7 Å². The minimum atomic E-state index is -0.0286. The van der Waals surface area contributed by atoms with Gasteiger partial charge in [-0.3, -0.25) is 0 Å². The molecule has 0 bridgehead atoms. The van der Waals surface area contributed by atoms with E-state index in [-0.39, 0.29) is 6.04 Å². The molecule has 90 valence electrons. The molecule has 0 saturated carbocycles. The van der Waals surface area contributed by atoms with Crippen molar-refractivity contribution in [3.63, 3.8) is 0 Å². The summed E-state index contributed by atoms with van der Waals surface area (Å²) in [4.78, 5) is 4.35. The molecule has 0 aliphatic heterocycles. The van der Waals surface area contributed by atoms with Crippen molar-refractivity contribution < 1.29 is 0 Å². The first-order chi connectivity index (χ1) is 8.20. The number of thioether (sulfide) groups is 1. The normalized spacial score (nSPS) is 12.6. The molecule has 2 rings (SSSR count). The lowest BCUT2D eigenvalue weighted by Gasteiger charge is -2.08. The Balaban J connectivity index is 2.23. The van der Waals surface area contributed by atoms with Crippen LogP contribution in [-0.4, -0.2) is 21.4 Å². The van der Waals surface area contributed by atoms with Crippen LogP contribution in [0.1, 0.15) is 18.5 Å². The lowest BCUT2D eigenvalue weighted by molar-refractivity contribution is 0.779. The average molecular weight is 284 g/mol. The van der Waals surface area contributed by atoms with Crippen molar-refractivity contribution in [3.05, 3.63) is 23.9 Å². The van der Waals surface area contributed by atoms with Crippen LogP contribution in [0.5, 0.6) is 0 Å². The van der Waals surface area contributed by atoms with Gasteiger partial charge in [-0.2, -0.15) is 0 Å². The molecule has 2 aromatic heterocycles. The molecule has 0 fully saturated rings. The largest absolute Gasteiger partial charge is 0.324 e. The van der Waals surface area contributed by atoms with E-state index in [0.717, 1.165) is 19.3 Å². The monoisotopic (exact) mass is 284 g/mol. The number of hydrogen-bond acceptors (Lipinski definition) is 7. The lowest BCUT2D eigenvalue weighted by Crippen LogP contribution is -2.06. The van der Waals surface area contributed by atoms with Crippen molar-refractivity contribution in [1.82, 2.24) is 15.2 Å². The maximum absolute atomic E-state index is 5.91. The molecule has 2 heterocycles. The summed E-state index contributed by atoms with van der Waals surface area (Å²) < 4.78 is 1.86. The van der Waals surface area contributed by atoms with Crippen LogP contribution in [0.4, 0.5) is 0 Å². The molecule has 0 aliphatic rings. The average Bonchev–Trinajstić information content (AvgIpc) is 2.77. The van der Waals surface area contributed by atoms with Crippen LogP contribution in [0.15, 0.2) is 32.0 Å². The zero-order chi connectivity index (χ0) is 12.3. The highest BCUT2D eigenvalue weighted by molar-refractivity contribution is 8.03. The third-order valence-electron chi connectivity index (χ3n) is 2.04. The topological polar surface area (TPSA) is 64.7 Å². The maximum Gasteiger partial charge on any atom is 0.181 e. The zero-order valence-electron chi connectivity index (χ0n) is 9.45. The zero-order valence-corrected chi connectivity index (χ0v) is 11.9. The summed E-state index contributed by atoms with van der Waals surface area (Å²) in [6.07, 6.45) is 3.76. The highest BCUT2D eigenvalue weighted by atomic mass is 32.2. The molecule has 0 amide bonds. The fourth-order valence-electron chi connectivity index (χ4n) is 1.24. The summed E-state index contributed by atoms with van der Waals surface area (Å²) in [5.41, 5.74) is 6.95. The maximum atomic E-state index is 5.91. The number of hydrogen-bond donors (Lipinski definition) is 1. The molecular weight excluding hydrogens is 272 g/mol. The molecule has 17 heavy (non-hydrogen) atoms. The summed E-state index contributed by atoms with van der Waals surface area (Å²) in [5.74, 6) is 0. The number of nitrogens with two attached hydrogens (primary N) is 1. The van der Waals surface area contributed by atoms with E-state index in [2.05, 4.69) is 15.2 Å². The van der Waals surface area contributed by atoms with Crippen LogP contribution in [0.3, 0.4) is 0 Å². The molecule has 2 N–H and O–H groups in total. The molecule has 0 radical (unpaired) electrons. The van der Waals surface area contributed by atoms with E-state index in [0.29, 0.717) is 0 Å². The van der Waals surface area contributed by atoms with E-state index in [1.54, 1.807) is 29.3 Å². The summed E-state index contributed by atoms with van der Waals surface area (Å²) in [7, 11) is 0. The van der Waals surface area contributed by atoms with E-state index in [1.807, 2.05) is 25.3 Å². The molecule has 0 aliphatic carbocycles. The van der Waals surface area contributed by atoms with Gasteiger partial charge in [-0.1, -0.05) is 29.2 Å². The molecule has 7 heteroatoms. The third kappa shape index (κ3) is 3.19. The van der Waals surface area contributed by atoms with E-state index in [1.165, 1.54) is 11.8 Å². The Morgan fingerprint density at radius 3 is 2.76 bits per heavy atom. The Kier molecular flexibility index (Phi) is 4.38. The van der Waals surface area contributed by atoms with E-state index < -0.39 is 0 Å². The van der Waals surface area contributed by atoms with Gasteiger partial charge in [0.2, 0.25) is 0 Å². The Hall–Kier alpha value is -0.630. The highest BCUT2D eigenvalue weighted by Gasteiger charge is 2.12. The second-order valence-electron chi connectivity index (χ2n) is 3.33. The van der Waals surface area contributed by atoms with Crippen molar-refractivity contribution in [2.24, 2.45) is 5.73 Å². The fourth-order valence-corrected chi connectivity index (χ4v) is 3.77. The SMILES string of the molecule is CSc1nnc(Sc2ncccc2[C@H](C)N)s1. The Labute approximate surface area is 112 Å². The quantitative estimate of drug-likeness (QED) is 0.871. The Morgan fingerprint density at radius 1 is 1.35 bits per heavy atom. The van der Waals surface area contributed by atoms with Crippen LogP contribution in [0, 0.1) is 0 Å². The first-order valence-electron chi connectivity index (χ1n) is 4.96. The van der Waals surface area contributed by atoms with Crippen molar-refractivity contribution in [1.29, 1.82) is 0 Å². The summed E-state index contributed by atoms with van der Waals surface area (Å²) in [5, 5.41) is 9.08. The molecule has 0 unspecified atom stereocenters. The number of rotatable bonds is 4. The number of pyridine rings is 1. The standard InChI is InChI=1S/C10H12N4S3/c1-6(11)7-4-3-5-12-8(7)16-10-14-13-9(15-2)17-10/h3-6H,11H2,1-2H3/t6-/m0/s1. The summed E-state index contributed by atoms with van der Waals surface area (Å²) in [6.45, 7) is 1.95. The van der Waals surface area contributed by atoms with Gasteiger partial charge in [0.25, 0.3) is 0 Å². The minimum Gasteiger partial charge on any atom is -0.324 e. The molecule has 2 aromatic rings. The predicted molar refractivity (Wildman–Crippen MR) is 72.7 cm³/mol. The van der Waals surface area contributed by atoms with Gasteiger partial charge in [0.15, 0.2) is 8.68 Å². The van der Waals surface area contributed by atoms with Gasteiger partial charge in [-0.25, -0.2) is 4.98 Å². The first-order valence-corrected chi connectivity index (χ1v) is 7.82. The van der Waals surface area contributed by atoms with Gasteiger partial charge >= 0.3 is 0 Å². The minimum absolute atomic E-state index is 0.0286. The highest BCUT2D eigenvalue weighted by Crippen LogP contribution is 2.34. The van der Waals surface area contributed by atoms with Gasteiger partial charge in [0.1, 0.15) is 5.03 Å². The molecule has 0 saturated heterocycles. The predicted octanol–water partition coefficient (Wildman–Crippen LogP) is 2.83. The molecule has 4 nitrogen and oxygen atoms in total. The third-order valence-corrected chi connectivity index (χ3v) is 5.02. The van der Waals surface area contributed by atoms with Crippen LogP contribution in [0.25, 0.3) is 0 Å². The van der Waals surface area contributed by atoms with Crippen LogP contribution < -0.4 is 5.73 Å². The van der Waals surface area contributed by atoms with E-state index >= 15 is 0 Å². The Bertz CT molecular complexity index is 498. The van der Waals surface area contributed by atoms with Gasteiger partial charge in [-0.15, -0.1) is 10.2 Å². The van der Waals surface area contributed by atoms with Crippen LogP contribution in [-0.2, 0) is 0 Å². The Morgan fingerprint density at radius 2 is 2.12 bits per heavy atom. The lowest BCUT2D eigenvalue weighted by atomic mass is 10.2. The van der Waals surface area contributed by atoms with Gasteiger partial charge in [0.05, 0.1) is 0 Å². The molecule has 0 spiro atoms. The van der Waals surface area contributed by atoms with Crippen LogP contribution >= 0.6 is 34.9 Å². The van der Waals surface area contributed by atoms with Crippen molar-refractivity contribution in [2.75, 3.05) is 6.26 Å². The van der Waals surface area contributed by atoms with Gasteiger partial charge in [-0.05, 0) is 31.0 Å². The van der Waals surface area contributed by atoms with Crippen molar-refractivity contribution in [3.8, 4) is 0 Å². The molecule has 1 atom stereocenters. The molecular formula is C10H12N4S3. The van der Waals surface area contributed by atoms with Crippen molar-refractivity contribution >= 4 is 34.9 Å². The number of nitrogens with zero attached hydrogens (tertiary/aromatic N) is 3. The van der Waals surface area contributed by atoms with E-state index in [4.69, 9.17) is 5.73 Å². The van der Waals surface area contributed by atoms with E-state index in [9.17, 15) is 0 Å². The summed E-state index contributed by atoms with van der Waals surface area (Å²) in [6, 6.07) is 3.87. The smallest absolute Gasteiger partial charge is 0.181 e. The second-order valence-corrected chi connectivity index (χ2v) is 6.59. The van der Waals surface area contributed by atoms with Gasteiger partial charge < -0.3 is 5.73 Å². The first kappa shape index (κ1) is 12.8. The van der Waals surface area contributed by atoms with Crippen LogP contribution in [0.2, 0.25) is 0 Å². The molecule has 0 aromatic carbocycles. The second kappa shape index (κ2) is 5.81.